The van der Waals surface area contributed by atoms with Crippen molar-refractivity contribution in [3.8, 4) is 23.1 Å². The predicted molar refractivity (Wildman–Crippen MR) is 101 cm³/mol. The molecule has 3 rings (SSSR count). The molecule has 0 amide bonds. The molecule has 1 aromatic heterocycles. The van der Waals surface area contributed by atoms with Crippen LogP contribution < -0.4 is 4.74 Å². The van der Waals surface area contributed by atoms with Crippen LogP contribution in [-0.4, -0.2) is 38.4 Å². The maximum atomic E-state index is 12.1. The molecule has 27 heavy (non-hydrogen) atoms. The Hall–Kier alpha value is -3.43. The quantitative estimate of drug-likeness (QED) is 0.492. The van der Waals surface area contributed by atoms with Crippen LogP contribution in [0.2, 0.25) is 0 Å². The third-order valence-corrected chi connectivity index (χ3v) is 4.07. The van der Waals surface area contributed by atoms with Crippen molar-refractivity contribution in [2.24, 2.45) is 0 Å². The summed E-state index contributed by atoms with van der Waals surface area (Å²) in [5, 5.41) is 10.5. The minimum absolute atomic E-state index is 0.161. The van der Waals surface area contributed by atoms with Crippen molar-refractivity contribution in [2.75, 3.05) is 27.4 Å². The number of methoxy groups -OCH3 is 2. The van der Waals surface area contributed by atoms with Gasteiger partial charge in [0.05, 0.1) is 42.1 Å². The second kappa shape index (κ2) is 8.30. The van der Waals surface area contributed by atoms with E-state index < -0.39 is 5.97 Å². The summed E-state index contributed by atoms with van der Waals surface area (Å²) in [6.45, 7) is 0.482. The van der Waals surface area contributed by atoms with E-state index in [1.54, 1.807) is 19.2 Å². The minimum Gasteiger partial charge on any atom is -0.497 e. The van der Waals surface area contributed by atoms with Crippen LogP contribution in [0.4, 0.5) is 0 Å². The lowest BCUT2D eigenvalue weighted by atomic mass is 10.0. The van der Waals surface area contributed by atoms with Crippen LogP contribution in [0.3, 0.4) is 0 Å². The molecule has 0 saturated carbocycles. The molecule has 0 atom stereocenters. The summed E-state index contributed by atoms with van der Waals surface area (Å²) in [6, 6.07) is 16.4. The number of benzene rings is 2. The van der Waals surface area contributed by atoms with Gasteiger partial charge in [-0.3, -0.25) is 0 Å². The van der Waals surface area contributed by atoms with E-state index in [2.05, 4.69) is 11.1 Å². The Bertz CT molecular complexity index is 1020. The van der Waals surface area contributed by atoms with Crippen molar-refractivity contribution >= 4 is 16.9 Å². The van der Waals surface area contributed by atoms with Gasteiger partial charge in [-0.05, 0) is 36.4 Å². The molecule has 6 nitrogen and oxygen atoms in total. The first-order valence-corrected chi connectivity index (χ1v) is 8.31. The highest BCUT2D eigenvalue weighted by molar-refractivity contribution is 5.91. The van der Waals surface area contributed by atoms with Gasteiger partial charge in [0, 0.05) is 18.1 Å². The monoisotopic (exact) mass is 362 g/mol. The molecule has 0 unspecified atom stereocenters. The zero-order valence-corrected chi connectivity index (χ0v) is 15.1. The molecule has 2 aromatic carbocycles. The smallest absolute Gasteiger partial charge is 0.338 e. The van der Waals surface area contributed by atoms with Crippen molar-refractivity contribution in [1.82, 2.24) is 4.98 Å². The van der Waals surface area contributed by atoms with E-state index in [1.165, 1.54) is 13.2 Å². The molecule has 0 spiro atoms. The van der Waals surface area contributed by atoms with E-state index in [0.29, 0.717) is 29.0 Å². The molecular weight excluding hydrogens is 344 g/mol. The van der Waals surface area contributed by atoms with E-state index in [9.17, 15) is 10.1 Å². The number of carbonyl (C=O) groups excluding carboxylic acids is 1. The largest absolute Gasteiger partial charge is 0.497 e. The van der Waals surface area contributed by atoms with Crippen LogP contribution in [0.1, 0.15) is 15.9 Å². The Morgan fingerprint density at radius 1 is 1.07 bits per heavy atom. The van der Waals surface area contributed by atoms with Crippen molar-refractivity contribution in [3.05, 3.63) is 59.7 Å². The highest BCUT2D eigenvalue weighted by atomic mass is 16.6. The number of aromatic nitrogens is 1. The molecule has 0 N–H and O–H groups in total. The third kappa shape index (κ3) is 4.05. The molecule has 6 heteroatoms. The van der Waals surface area contributed by atoms with Gasteiger partial charge in [-0.25, -0.2) is 9.78 Å². The molecule has 0 bridgehead atoms. The number of carbonyl (C=O) groups is 1. The van der Waals surface area contributed by atoms with Gasteiger partial charge in [-0.15, -0.1) is 0 Å². The molecule has 0 aliphatic heterocycles. The summed E-state index contributed by atoms with van der Waals surface area (Å²) < 4.78 is 15.2. The number of rotatable bonds is 6. The molecule has 136 valence electrons. The Labute approximate surface area is 156 Å². The zero-order valence-electron chi connectivity index (χ0n) is 15.1. The van der Waals surface area contributed by atoms with Crippen LogP contribution in [0, 0.1) is 11.3 Å². The summed E-state index contributed by atoms with van der Waals surface area (Å²) in [4.78, 5) is 16.7. The van der Waals surface area contributed by atoms with Crippen molar-refractivity contribution in [3.63, 3.8) is 0 Å². The Morgan fingerprint density at radius 3 is 2.67 bits per heavy atom. The predicted octanol–water partition coefficient (Wildman–Crippen LogP) is 3.59. The van der Waals surface area contributed by atoms with E-state index >= 15 is 0 Å². The first-order chi connectivity index (χ1) is 13.2. The normalized spacial score (nSPS) is 10.4. The summed E-state index contributed by atoms with van der Waals surface area (Å²) in [5.74, 6) is 0.264. The number of hydrogen-bond acceptors (Lipinski definition) is 6. The summed E-state index contributed by atoms with van der Waals surface area (Å²) in [5.41, 5.74) is 2.78. The van der Waals surface area contributed by atoms with Crippen molar-refractivity contribution in [2.45, 2.75) is 0 Å². The zero-order chi connectivity index (χ0) is 19.2. The molecular formula is C21H18N2O4. The Balaban J connectivity index is 1.93. The minimum atomic E-state index is -0.492. The van der Waals surface area contributed by atoms with Crippen LogP contribution in [0.15, 0.2) is 48.5 Å². The highest BCUT2D eigenvalue weighted by Crippen LogP contribution is 2.27. The van der Waals surface area contributed by atoms with Gasteiger partial charge in [0.1, 0.15) is 12.4 Å². The van der Waals surface area contributed by atoms with Gasteiger partial charge in [0.15, 0.2) is 0 Å². The fourth-order valence-corrected chi connectivity index (χ4v) is 2.67. The third-order valence-electron chi connectivity index (χ3n) is 4.07. The molecule has 0 radical (unpaired) electrons. The lowest BCUT2D eigenvalue weighted by molar-refractivity contribution is 0.0388. The number of nitriles is 1. The molecule has 0 aliphatic carbocycles. The van der Waals surface area contributed by atoms with Crippen LogP contribution >= 0.6 is 0 Å². The molecule has 0 aliphatic rings. The number of pyridine rings is 1. The maximum Gasteiger partial charge on any atom is 0.338 e. The molecule has 3 aromatic rings. The van der Waals surface area contributed by atoms with E-state index in [4.69, 9.17) is 14.2 Å². The lowest BCUT2D eigenvalue weighted by Crippen LogP contribution is -2.10. The second-order valence-corrected chi connectivity index (χ2v) is 5.76. The van der Waals surface area contributed by atoms with Crippen molar-refractivity contribution < 1.29 is 19.0 Å². The number of nitrogens with zero attached hydrogens (tertiary/aromatic N) is 2. The van der Waals surface area contributed by atoms with Crippen molar-refractivity contribution in [1.29, 1.82) is 5.26 Å². The summed E-state index contributed by atoms with van der Waals surface area (Å²) in [7, 11) is 3.15. The van der Waals surface area contributed by atoms with Crippen LogP contribution in [0.25, 0.3) is 22.2 Å². The van der Waals surface area contributed by atoms with Crippen LogP contribution in [0.5, 0.6) is 5.75 Å². The molecule has 0 fully saturated rings. The van der Waals surface area contributed by atoms with Gasteiger partial charge in [0.2, 0.25) is 0 Å². The topological polar surface area (TPSA) is 81.4 Å². The van der Waals surface area contributed by atoms with Gasteiger partial charge in [-0.2, -0.15) is 5.26 Å². The highest BCUT2D eigenvalue weighted by Gasteiger charge is 2.13. The number of ether oxygens (including phenoxy) is 3. The van der Waals surface area contributed by atoms with Crippen LogP contribution in [-0.2, 0) is 9.47 Å². The molecule has 1 heterocycles. The Morgan fingerprint density at radius 2 is 1.93 bits per heavy atom. The number of esters is 1. The van der Waals surface area contributed by atoms with Gasteiger partial charge < -0.3 is 14.2 Å². The maximum absolute atomic E-state index is 12.1. The number of hydrogen-bond donors (Lipinski definition) is 0. The van der Waals surface area contributed by atoms with Gasteiger partial charge in [-0.1, -0.05) is 12.1 Å². The average molecular weight is 362 g/mol. The fraction of sp³-hybridized carbons (Fsp3) is 0.190. The van der Waals surface area contributed by atoms with Gasteiger partial charge in [0.25, 0.3) is 0 Å². The standard InChI is InChI=1S/C21H18N2O4/c1-25-9-10-27-21(24)15-3-6-18(16(11-15)13-22)20-7-4-14-12-17(26-2)5-8-19(14)23-20/h3-8,11-12H,9-10H2,1-2H3. The van der Waals surface area contributed by atoms with E-state index in [0.717, 1.165) is 16.7 Å². The first kappa shape index (κ1) is 18.4. The fourth-order valence-electron chi connectivity index (χ4n) is 2.67. The lowest BCUT2D eigenvalue weighted by Gasteiger charge is -2.09. The SMILES string of the molecule is COCCOC(=O)c1ccc(-c2ccc3cc(OC)ccc3n2)c(C#N)c1. The molecule has 0 saturated heterocycles. The summed E-state index contributed by atoms with van der Waals surface area (Å²) in [6.07, 6.45) is 0. The Kier molecular flexibility index (Phi) is 5.64. The first-order valence-electron chi connectivity index (χ1n) is 8.31. The van der Waals surface area contributed by atoms with E-state index in [-0.39, 0.29) is 6.61 Å². The summed E-state index contributed by atoms with van der Waals surface area (Å²) >= 11 is 0. The average Bonchev–Trinajstić information content (AvgIpc) is 2.72. The second-order valence-electron chi connectivity index (χ2n) is 5.76. The number of fused-ring (bicyclic) bond motifs is 1. The van der Waals surface area contributed by atoms with Gasteiger partial charge >= 0.3 is 5.97 Å². The van der Waals surface area contributed by atoms with E-state index in [1.807, 2.05) is 30.3 Å².